The third kappa shape index (κ3) is 3.98. The minimum atomic E-state index is -3.03. The van der Waals surface area contributed by atoms with Gasteiger partial charge in [0.15, 0.2) is 9.84 Å². The highest BCUT2D eigenvalue weighted by atomic mass is 32.2. The zero-order valence-corrected chi connectivity index (χ0v) is 16.2. The van der Waals surface area contributed by atoms with Crippen molar-refractivity contribution in [3.8, 4) is 11.5 Å². The number of aromatic nitrogens is 1. The van der Waals surface area contributed by atoms with Crippen LogP contribution in [0.2, 0.25) is 0 Å². The van der Waals surface area contributed by atoms with E-state index in [-0.39, 0.29) is 29.9 Å². The molecular formula is C19H24N2O4S. The molecule has 7 heteroatoms. The Morgan fingerprint density at radius 1 is 1.27 bits per heavy atom. The SMILES string of the molecule is CCN(C(=O)Cc1nc(-c2ccc(C)cc2)oc1C)C1CCS(=O)(=O)C1. The van der Waals surface area contributed by atoms with Crippen molar-refractivity contribution < 1.29 is 17.6 Å². The summed E-state index contributed by atoms with van der Waals surface area (Å²) in [6, 6.07) is 7.61. The van der Waals surface area contributed by atoms with E-state index in [0.29, 0.717) is 30.3 Å². The molecule has 1 unspecified atom stereocenters. The van der Waals surface area contributed by atoms with Crippen LogP contribution in [0.15, 0.2) is 28.7 Å². The molecule has 0 spiro atoms. The summed E-state index contributed by atoms with van der Waals surface area (Å²) in [4.78, 5) is 18.9. The van der Waals surface area contributed by atoms with Crippen LogP contribution in [0.25, 0.3) is 11.5 Å². The maximum absolute atomic E-state index is 12.7. The molecule has 1 aliphatic rings. The molecule has 0 saturated carbocycles. The standard InChI is InChI=1S/C19H24N2O4S/c1-4-21(16-9-10-26(23,24)12-16)18(22)11-17-14(3)25-19(20-17)15-7-5-13(2)6-8-15/h5-8,16H,4,9-12H2,1-3H3. The molecule has 1 amide bonds. The fraction of sp³-hybridized carbons (Fsp3) is 0.474. The molecule has 0 bridgehead atoms. The van der Waals surface area contributed by atoms with Crippen molar-refractivity contribution in [2.75, 3.05) is 18.1 Å². The van der Waals surface area contributed by atoms with Gasteiger partial charge >= 0.3 is 0 Å². The lowest BCUT2D eigenvalue weighted by molar-refractivity contribution is -0.132. The maximum Gasteiger partial charge on any atom is 0.228 e. The van der Waals surface area contributed by atoms with Crippen LogP contribution in [-0.2, 0) is 21.1 Å². The zero-order valence-electron chi connectivity index (χ0n) is 15.4. The first kappa shape index (κ1) is 18.6. The molecule has 1 fully saturated rings. The Kier molecular flexibility index (Phi) is 5.18. The number of carbonyl (C=O) groups is 1. The molecule has 1 saturated heterocycles. The van der Waals surface area contributed by atoms with E-state index < -0.39 is 9.84 Å². The molecule has 1 aliphatic heterocycles. The van der Waals surface area contributed by atoms with Crippen molar-refractivity contribution in [3.05, 3.63) is 41.3 Å². The van der Waals surface area contributed by atoms with Gasteiger partial charge in [-0.3, -0.25) is 4.79 Å². The number of amides is 1. The molecule has 2 aromatic rings. The highest BCUT2D eigenvalue weighted by molar-refractivity contribution is 7.91. The van der Waals surface area contributed by atoms with Crippen molar-refractivity contribution in [3.63, 3.8) is 0 Å². The van der Waals surface area contributed by atoms with Crippen LogP contribution < -0.4 is 0 Å². The van der Waals surface area contributed by atoms with E-state index in [1.807, 2.05) is 38.1 Å². The number of carbonyl (C=O) groups excluding carboxylic acids is 1. The first-order valence-corrected chi connectivity index (χ1v) is 10.6. The van der Waals surface area contributed by atoms with Crippen LogP contribution in [0, 0.1) is 13.8 Å². The fourth-order valence-corrected chi connectivity index (χ4v) is 5.05. The van der Waals surface area contributed by atoms with Gasteiger partial charge in [-0.15, -0.1) is 0 Å². The van der Waals surface area contributed by atoms with Crippen LogP contribution in [0.4, 0.5) is 0 Å². The molecule has 140 valence electrons. The van der Waals surface area contributed by atoms with Crippen LogP contribution >= 0.6 is 0 Å². The van der Waals surface area contributed by atoms with Gasteiger partial charge in [-0.2, -0.15) is 0 Å². The summed E-state index contributed by atoms with van der Waals surface area (Å²) >= 11 is 0. The number of oxazole rings is 1. The summed E-state index contributed by atoms with van der Waals surface area (Å²) in [7, 11) is -3.03. The zero-order chi connectivity index (χ0) is 18.9. The van der Waals surface area contributed by atoms with Gasteiger partial charge < -0.3 is 9.32 Å². The molecule has 26 heavy (non-hydrogen) atoms. The quantitative estimate of drug-likeness (QED) is 0.801. The van der Waals surface area contributed by atoms with Gasteiger partial charge in [-0.05, 0) is 39.3 Å². The van der Waals surface area contributed by atoms with Gasteiger partial charge in [0, 0.05) is 18.2 Å². The third-order valence-electron chi connectivity index (χ3n) is 4.82. The van der Waals surface area contributed by atoms with Gasteiger partial charge in [0.05, 0.1) is 23.6 Å². The van der Waals surface area contributed by atoms with E-state index in [2.05, 4.69) is 4.98 Å². The average molecular weight is 376 g/mol. The number of sulfone groups is 1. The Labute approximate surface area is 154 Å². The largest absolute Gasteiger partial charge is 0.441 e. The molecule has 6 nitrogen and oxygen atoms in total. The molecule has 0 aliphatic carbocycles. The van der Waals surface area contributed by atoms with Crippen molar-refractivity contribution >= 4 is 15.7 Å². The number of hydrogen-bond acceptors (Lipinski definition) is 5. The lowest BCUT2D eigenvalue weighted by Gasteiger charge is -2.26. The topological polar surface area (TPSA) is 80.5 Å². The van der Waals surface area contributed by atoms with E-state index in [0.717, 1.165) is 11.1 Å². The third-order valence-corrected chi connectivity index (χ3v) is 6.57. The number of benzene rings is 1. The first-order valence-electron chi connectivity index (χ1n) is 8.82. The Balaban J connectivity index is 1.75. The molecule has 1 aromatic heterocycles. The molecule has 2 heterocycles. The second kappa shape index (κ2) is 7.23. The monoisotopic (exact) mass is 376 g/mol. The molecular weight excluding hydrogens is 352 g/mol. The summed E-state index contributed by atoms with van der Waals surface area (Å²) in [5, 5.41) is 0. The Morgan fingerprint density at radius 2 is 1.96 bits per heavy atom. The first-order chi connectivity index (χ1) is 12.3. The lowest BCUT2D eigenvalue weighted by atomic mass is 10.1. The molecule has 0 N–H and O–H groups in total. The second-order valence-corrected chi connectivity index (χ2v) is 9.03. The van der Waals surface area contributed by atoms with Crippen molar-refractivity contribution in [1.82, 2.24) is 9.88 Å². The maximum atomic E-state index is 12.7. The van der Waals surface area contributed by atoms with Crippen LogP contribution in [0.3, 0.4) is 0 Å². The predicted octanol–water partition coefficient (Wildman–Crippen LogP) is 2.54. The van der Waals surface area contributed by atoms with E-state index in [1.165, 1.54) is 0 Å². The molecule has 3 rings (SSSR count). The van der Waals surface area contributed by atoms with E-state index in [1.54, 1.807) is 11.8 Å². The lowest BCUT2D eigenvalue weighted by Crippen LogP contribution is -2.41. The van der Waals surface area contributed by atoms with Gasteiger partial charge in [-0.1, -0.05) is 17.7 Å². The average Bonchev–Trinajstić information content (AvgIpc) is 3.12. The summed E-state index contributed by atoms with van der Waals surface area (Å²) in [5.74, 6) is 1.21. The summed E-state index contributed by atoms with van der Waals surface area (Å²) in [6.07, 6.45) is 0.625. The van der Waals surface area contributed by atoms with Gasteiger partial charge in [0.1, 0.15) is 5.76 Å². The van der Waals surface area contributed by atoms with Gasteiger partial charge in [0.2, 0.25) is 11.8 Å². The Hall–Kier alpha value is -2.15. The Bertz CT molecular complexity index is 900. The second-order valence-electron chi connectivity index (χ2n) is 6.80. The smallest absolute Gasteiger partial charge is 0.228 e. The van der Waals surface area contributed by atoms with Crippen LogP contribution in [-0.4, -0.2) is 48.3 Å². The van der Waals surface area contributed by atoms with Crippen molar-refractivity contribution in [2.45, 2.75) is 39.7 Å². The van der Waals surface area contributed by atoms with Gasteiger partial charge in [-0.25, -0.2) is 13.4 Å². The highest BCUT2D eigenvalue weighted by Gasteiger charge is 2.34. The van der Waals surface area contributed by atoms with Crippen LogP contribution in [0.1, 0.15) is 30.4 Å². The Morgan fingerprint density at radius 3 is 2.54 bits per heavy atom. The van der Waals surface area contributed by atoms with E-state index in [4.69, 9.17) is 4.42 Å². The minimum absolute atomic E-state index is 0.0546. The molecule has 0 radical (unpaired) electrons. The molecule has 1 atom stereocenters. The number of rotatable bonds is 5. The predicted molar refractivity (Wildman–Crippen MR) is 99.6 cm³/mol. The number of likely N-dealkylation sites (N-methyl/N-ethyl adjacent to an activating group) is 1. The van der Waals surface area contributed by atoms with Crippen LogP contribution in [0.5, 0.6) is 0 Å². The summed E-state index contributed by atoms with van der Waals surface area (Å²) < 4.78 is 29.2. The van der Waals surface area contributed by atoms with E-state index >= 15 is 0 Å². The van der Waals surface area contributed by atoms with Gasteiger partial charge in [0.25, 0.3) is 0 Å². The summed E-state index contributed by atoms with van der Waals surface area (Å²) in [5.41, 5.74) is 2.62. The number of aryl methyl sites for hydroxylation is 2. The number of hydrogen-bond donors (Lipinski definition) is 0. The summed E-state index contributed by atoms with van der Waals surface area (Å²) in [6.45, 7) is 6.16. The van der Waals surface area contributed by atoms with E-state index in [9.17, 15) is 13.2 Å². The molecule has 1 aromatic carbocycles. The normalized spacial score (nSPS) is 18.8. The minimum Gasteiger partial charge on any atom is -0.441 e. The van der Waals surface area contributed by atoms with Crippen molar-refractivity contribution in [1.29, 1.82) is 0 Å². The highest BCUT2D eigenvalue weighted by Crippen LogP contribution is 2.24. The van der Waals surface area contributed by atoms with Crippen molar-refractivity contribution in [2.24, 2.45) is 0 Å². The number of nitrogens with zero attached hydrogens (tertiary/aromatic N) is 2. The fourth-order valence-electron chi connectivity index (χ4n) is 3.32.